The number of rotatable bonds is 7. The number of hydrogen-bond donors (Lipinski definition) is 2. The van der Waals surface area contributed by atoms with Gasteiger partial charge in [-0.1, -0.05) is 35.5 Å². The topological polar surface area (TPSA) is 97.1 Å². The summed E-state index contributed by atoms with van der Waals surface area (Å²) < 4.78 is 18.3. The van der Waals surface area contributed by atoms with Crippen molar-refractivity contribution < 1.29 is 18.5 Å². The Morgan fingerprint density at radius 3 is 2.41 bits per heavy atom. The molecule has 0 fully saturated rings. The highest BCUT2D eigenvalue weighted by Gasteiger charge is 2.21. The van der Waals surface area contributed by atoms with Crippen LogP contribution < -0.4 is 10.6 Å². The SMILES string of the molecule is CC(=O)NC(CC(=O)NC(C)c1nc(-c2ccc(F)cc2)no1)c1ccccc1. The summed E-state index contributed by atoms with van der Waals surface area (Å²) in [6.07, 6.45) is 0.0624. The van der Waals surface area contributed by atoms with Gasteiger partial charge in [-0.2, -0.15) is 4.98 Å². The van der Waals surface area contributed by atoms with Crippen LogP contribution in [-0.4, -0.2) is 22.0 Å². The molecule has 0 aliphatic carbocycles. The largest absolute Gasteiger partial charge is 0.349 e. The Bertz CT molecular complexity index is 973. The van der Waals surface area contributed by atoms with Gasteiger partial charge < -0.3 is 15.2 Å². The maximum Gasteiger partial charge on any atom is 0.249 e. The summed E-state index contributed by atoms with van der Waals surface area (Å²) in [5.74, 6) is -0.317. The second-order valence-corrected chi connectivity index (χ2v) is 6.62. The summed E-state index contributed by atoms with van der Waals surface area (Å²) in [4.78, 5) is 28.3. The quantitative estimate of drug-likeness (QED) is 0.639. The van der Waals surface area contributed by atoms with E-state index in [0.29, 0.717) is 11.4 Å². The Hall–Kier alpha value is -3.55. The van der Waals surface area contributed by atoms with Crippen LogP contribution in [0, 0.1) is 5.82 Å². The molecule has 2 atom stereocenters. The molecule has 0 spiro atoms. The van der Waals surface area contributed by atoms with Crippen molar-refractivity contribution in [3.63, 3.8) is 0 Å². The van der Waals surface area contributed by atoms with E-state index in [1.54, 1.807) is 19.1 Å². The average molecular weight is 396 g/mol. The number of aromatic nitrogens is 2. The van der Waals surface area contributed by atoms with Gasteiger partial charge >= 0.3 is 0 Å². The molecule has 0 aliphatic rings. The van der Waals surface area contributed by atoms with Crippen molar-refractivity contribution in [2.75, 3.05) is 0 Å². The first-order valence-corrected chi connectivity index (χ1v) is 9.13. The molecule has 29 heavy (non-hydrogen) atoms. The van der Waals surface area contributed by atoms with Crippen LogP contribution in [-0.2, 0) is 9.59 Å². The molecule has 150 valence electrons. The zero-order valence-electron chi connectivity index (χ0n) is 16.1. The molecule has 2 N–H and O–H groups in total. The van der Waals surface area contributed by atoms with Crippen molar-refractivity contribution in [2.45, 2.75) is 32.4 Å². The van der Waals surface area contributed by atoms with E-state index in [9.17, 15) is 14.0 Å². The van der Waals surface area contributed by atoms with Crippen LogP contribution in [0.25, 0.3) is 11.4 Å². The molecule has 1 heterocycles. The number of benzene rings is 2. The van der Waals surface area contributed by atoms with Crippen LogP contribution in [0.1, 0.15) is 43.8 Å². The van der Waals surface area contributed by atoms with Crippen molar-refractivity contribution in [3.8, 4) is 11.4 Å². The van der Waals surface area contributed by atoms with Gasteiger partial charge in [-0.3, -0.25) is 9.59 Å². The minimum atomic E-state index is -0.530. The molecule has 2 amide bonds. The Morgan fingerprint density at radius 1 is 1.07 bits per heavy atom. The molecule has 1 aromatic heterocycles. The minimum absolute atomic E-state index is 0.0624. The third kappa shape index (κ3) is 5.47. The second-order valence-electron chi connectivity index (χ2n) is 6.62. The number of carbonyl (C=O) groups is 2. The summed E-state index contributed by atoms with van der Waals surface area (Å²) in [6, 6.07) is 14.0. The molecule has 3 rings (SSSR count). The van der Waals surface area contributed by atoms with Crippen LogP contribution in [0.2, 0.25) is 0 Å². The molecule has 2 aromatic carbocycles. The van der Waals surface area contributed by atoms with Crippen LogP contribution >= 0.6 is 0 Å². The fraction of sp³-hybridized carbons (Fsp3) is 0.238. The standard InChI is InChI=1S/C21H21FN4O3/c1-13(21-25-20(26-29-21)16-8-10-17(22)11-9-16)23-19(28)12-18(24-14(2)27)15-6-4-3-5-7-15/h3-11,13,18H,12H2,1-2H3,(H,23,28)(H,24,27). The van der Waals surface area contributed by atoms with E-state index < -0.39 is 12.1 Å². The smallest absolute Gasteiger partial charge is 0.249 e. The maximum atomic E-state index is 13.0. The Morgan fingerprint density at radius 2 is 1.76 bits per heavy atom. The molecular formula is C21H21FN4O3. The van der Waals surface area contributed by atoms with E-state index in [-0.39, 0.29) is 29.9 Å². The third-order valence-electron chi connectivity index (χ3n) is 4.26. The highest BCUT2D eigenvalue weighted by Crippen LogP contribution is 2.20. The number of hydrogen-bond acceptors (Lipinski definition) is 5. The van der Waals surface area contributed by atoms with Gasteiger partial charge in [0.25, 0.3) is 0 Å². The monoisotopic (exact) mass is 396 g/mol. The normalized spacial score (nSPS) is 12.8. The summed E-state index contributed by atoms with van der Waals surface area (Å²) in [6.45, 7) is 3.13. The zero-order chi connectivity index (χ0) is 20.8. The number of amides is 2. The van der Waals surface area contributed by atoms with Crippen LogP contribution in [0.3, 0.4) is 0 Å². The Kier molecular flexibility index (Phi) is 6.33. The predicted octanol–water partition coefficient (Wildman–Crippen LogP) is 3.32. The fourth-order valence-electron chi connectivity index (χ4n) is 2.86. The molecule has 0 aliphatic heterocycles. The minimum Gasteiger partial charge on any atom is -0.349 e. The summed E-state index contributed by atoms with van der Waals surface area (Å²) >= 11 is 0. The number of nitrogens with zero attached hydrogens (tertiary/aromatic N) is 2. The van der Waals surface area contributed by atoms with Gasteiger partial charge in [0.1, 0.15) is 11.9 Å². The van der Waals surface area contributed by atoms with Gasteiger partial charge in [0, 0.05) is 12.5 Å². The van der Waals surface area contributed by atoms with E-state index in [1.165, 1.54) is 19.1 Å². The zero-order valence-corrected chi connectivity index (χ0v) is 16.1. The first-order chi connectivity index (χ1) is 13.9. The fourth-order valence-corrected chi connectivity index (χ4v) is 2.86. The van der Waals surface area contributed by atoms with Gasteiger partial charge in [0.15, 0.2) is 0 Å². The van der Waals surface area contributed by atoms with Gasteiger partial charge in [0.2, 0.25) is 23.5 Å². The van der Waals surface area contributed by atoms with E-state index in [1.807, 2.05) is 30.3 Å². The van der Waals surface area contributed by atoms with E-state index in [4.69, 9.17) is 4.52 Å². The van der Waals surface area contributed by atoms with Crippen LogP contribution in [0.15, 0.2) is 59.1 Å². The Balaban J connectivity index is 1.65. The lowest BCUT2D eigenvalue weighted by Gasteiger charge is -2.19. The first kappa shape index (κ1) is 20.2. The van der Waals surface area contributed by atoms with Crippen LogP contribution in [0.4, 0.5) is 4.39 Å². The predicted molar refractivity (Wildman–Crippen MR) is 104 cm³/mol. The number of carbonyl (C=O) groups excluding carboxylic acids is 2. The van der Waals surface area contributed by atoms with E-state index >= 15 is 0 Å². The lowest BCUT2D eigenvalue weighted by Crippen LogP contribution is -2.33. The maximum absolute atomic E-state index is 13.0. The summed E-state index contributed by atoms with van der Waals surface area (Å²) in [5, 5.41) is 9.46. The molecule has 0 saturated carbocycles. The van der Waals surface area contributed by atoms with Crippen molar-refractivity contribution >= 4 is 11.8 Å². The molecular weight excluding hydrogens is 375 g/mol. The highest BCUT2D eigenvalue weighted by atomic mass is 19.1. The molecule has 0 bridgehead atoms. The van der Waals surface area contributed by atoms with Crippen molar-refractivity contribution in [1.82, 2.24) is 20.8 Å². The van der Waals surface area contributed by atoms with Crippen molar-refractivity contribution in [2.24, 2.45) is 0 Å². The highest BCUT2D eigenvalue weighted by molar-refractivity contribution is 5.79. The molecule has 2 unspecified atom stereocenters. The van der Waals surface area contributed by atoms with Crippen LogP contribution in [0.5, 0.6) is 0 Å². The Labute approximate surface area is 167 Å². The van der Waals surface area contributed by atoms with Gasteiger partial charge in [-0.05, 0) is 36.8 Å². The number of nitrogens with one attached hydrogen (secondary N) is 2. The number of halogens is 1. The summed E-state index contributed by atoms with van der Waals surface area (Å²) in [7, 11) is 0. The van der Waals surface area contributed by atoms with Crippen molar-refractivity contribution in [3.05, 3.63) is 71.9 Å². The third-order valence-corrected chi connectivity index (χ3v) is 4.26. The summed E-state index contributed by atoms with van der Waals surface area (Å²) in [5.41, 5.74) is 1.44. The van der Waals surface area contributed by atoms with Gasteiger partial charge in [-0.25, -0.2) is 4.39 Å². The molecule has 7 nitrogen and oxygen atoms in total. The molecule has 3 aromatic rings. The van der Waals surface area contributed by atoms with E-state index in [2.05, 4.69) is 20.8 Å². The molecule has 8 heteroatoms. The second kappa shape index (κ2) is 9.09. The average Bonchev–Trinajstić information content (AvgIpc) is 3.19. The lowest BCUT2D eigenvalue weighted by atomic mass is 10.0. The van der Waals surface area contributed by atoms with Crippen molar-refractivity contribution in [1.29, 1.82) is 0 Å². The molecule has 0 radical (unpaired) electrons. The molecule has 0 saturated heterocycles. The van der Waals surface area contributed by atoms with E-state index in [0.717, 1.165) is 5.56 Å². The first-order valence-electron chi connectivity index (χ1n) is 9.13. The lowest BCUT2D eigenvalue weighted by molar-refractivity contribution is -0.123. The van der Waals surface area contributed by atoms with Gasteiger partial charge in [0.05, 0.1) is 12.5 Å². The van der Waals surface area contributed by atoms with Gasteiger partial charge in [-0.15, -0.1) is 0 Å².